The fraction of sp³-hybridized carbons (Fsp3) is 0.618. The molecule has 276 valence electrons. The highest BCUT2D eigenvalue weighted by molar-refractivity contribution is 5.65. The SMILES string of the molecule is COc1cc([C@H]2OC[C@@H]3[C@H]2CO[C@H]3c2ccc(O[C@@H]3O[C@H](COC(C)=O)[C@@H](O)[C@H](O)[C@@H]3O[C@@H]3O[C@H](C)[C@H](O)[C@@H](O)[C@H]3O)c(OC)c2)ccc1O. The number of esters is 1. The third-order valence-electron chi connectivity index (χ3n) is 9.75. The Bertz CT molecular complexity index is 1490. The monoisotopic (exact) mass is 708 g/mol. The molecule has 0 spiro atoms. The molecule has 16 heteroatoms. The maximum atomic E-state index is 11.5. The van der Waals surface area contributed by atoms with E-state index in [4.69, 9.17) is 42.6 Å². The molecule has 0 saturated carbocycles. The van der Waals surface area contributed by atoms with E-state index in [9.17, 15) is 35.4 Å². The van der Waals surface area contributed by atoms with Gasteiger partial charge in [0.25, 0.3) is 0 Å². The van der Waals surface area contributed by atoms with Gasteiger partial charge in [0.05, 0.1) is 45.7 Å². The van der Waals surface area contributed by atoms with Gasteiger partial charge in [-0.15, -0.1) is 0 Å². The molecular weight excluding hydrogens is 664 g/mol. The first-order chi connectivity index (χ1) is 23.9. The molecule has 2 aromatic carbocycles. The van der Waals surface area contributed by atoms with Crippen molar-refractivity contribution in [3.63, 3.8) is 0 Å². The number of benzene rings is 2. The van der Waals surface area contributed by atoms with Crippen molar-refractivity contribution in [2.24, 2.45) is 11.8 Å². The van der Waals surface area contributed by atoms with Crippen LogP contribution in [0.2, 0.25) is 0 Å². The summed E-state index contributed by atoms with van der Waals surface area (Å²) in [5.74, 6) is 0.226. The number of aromatic hydroxyl groups is 1. The van der Waals surface area contributed by atoms with Crippen molar-refractivity contribution in [2.75, 3.05) is 34.0 Å². The van der Waals surface area contributed by atoms with Gasteiger partial charge in [0.2, 0.25) is 6.29 Å². The average molecular weight is 709 g/mol. The maximum absolute atomic E-state index is 11.5. The normalized spacial score (nSPS) is 38.3. The van der Waals surface area contributed by atoms with Crippen LogP contribution in [-0.2, 0) is 33.2 Å². The first-order valence-corrected chi connectivity index (χ1v) is 16.4. The number of carbonyl (C=O) groups is 1. The molecule has 4 heterocycles. The van der Waals surface area contributed by atoms with Gasteiger partial charge in [-0.25, -0.2) is 0 Å². The number of carbonyl (C=O) groups excluding carboxylic acids is 1. The fourth-order valence-electron chi connectivity index (χ4n) is 6.95. The topological polar surface area (TPSA) is 222 Å². The van der Waals surface area contributed by atoms with Crippen molar-refractivity contribution in [1.29, 1.82) is 0 Å². The van der Waals surface area contributed by atoms with E-state index >= 15 is 0 Å². The van der Waals surface area contributed by atoms with Gasteiger partial charge < -0.3 is 73.3 Å². The van der Waals surface area contributed by atoms with Crippen molar-refractivity contribution in [3.05, 3.63) is 47.5 Å². The van der Waals surface area contributed by atoms with Gasteiger partial charge in [0, 0.05) is 18.8 Å². The number of ether oxygens (including phenoxy) is 9. The van der Waals surface area contributed by atoms with E-state index in [1.807, 2.05) is 0 Å². The first-order valence-electron chi connectivity index (χ1n) is 16.4. The Labute approximate surface area is 287 Å². The lowest BCUT2D eigenvalue weighted by Crippen LogP contribution is -2.64. The molecule has 4 aliphatic heterocycles. The summed E-state index contributed by atoms with van der Waals surface area (Å²) in [4.78, 5) is 11.5. The second kappa shape index (κ2) is 15.1. The number of methoxy groups -OCH3 is 2. The van der Waals surface area contributed by atoms with E-state index in [0.29, 0.717) is 19.0 Å². The molecule has 0 bridgehead atoms. The van der Waals surface area contributed by atoms with Gasteiger partial charge in [0.15, 0.2) is 35.4 Å². The first kappa shape index (κ1) is 36.5. The zero-order valence-corrected chi connectivity index (χ0v) is 27.9. The van der Waals surface area contributed by atoms with Gasteiger partial charge in [-0.05, 0) is 42.3 Å². The Morgan fingerprint density at radius 2 is 1.38 bits per heavy atom. The van der Waals surface area contributed by atoms with Crippen molar-refractivity contribution < 1.29 is 78.1 Å². The number of fused-ring (bicyclic) bond motifs is 1. The molecule has 2 aromatic rings. The summed E-state index contributed by atoms with van der Waals surface area (Å²) in [6.45, 7) is 3.10. The third kappa shape index (κ3) is 7.10. The Balaban J connectivity index is 1.21. The van der Waals surface area contributed by atoms with Crippen LogP contribution in [0.15, 0.2) is 36.4 Å². The van der Waals surface area contributed by atoms with Crippen LogP contribution >= 0.6 is 0 Å². The molecule has 0 aliphatic carbocycles. The smallest absolute Gasteiger partial charge is 0.302 e. The summed E-state index contributed by atoms with van der Waals surface area (Å²) >= 11 is 0. The zero-order chi connectivity index (χ0) is 35.9. The molecule has 0 amide bonds. The van der Waals surface area contributed by atoms with E-state index in [2.05, 4.69) is 0 Å². The van der Waals surface area contributed by atoms with Gasteiger partial charge in [0.1, 0.15) is 43.2 Å². The molecule has 0 unspecified atom stereocenters. The van der Waals surface area contributed by atoms with Crippen LogP contribution in [0.3, 0.4) is 0 Å². The van der Waals surface area contributed by atoms with Crippen LogP contribution in [0.4, 0.5) is 0 Å². The molecule has 14 atom stereocenters. The van der Waals surface area contributed by atoms with Gasteiger partial charge >= 0.3 is 5.97 Å². The van der Waals surface area contributed by atoms with Gasteiger partial charge in [-0.1, -0.05) is 12.1 Å². The minimum absolute atomic E-state index is 0.00702. The third-order valence-corrected chi connectivity index (χ3v) is 9.75. The predicted octanol–water partition coefficient (Wildman–Crippen LogP) is 0.0859. The average Bonchev–Trinajstić information content (AvgIpc) is 3.72. The van der Waals surface area contributed by atoms with Crippen molar-refractivity contribution in [2.45, 2.75) is 87.5 Å². The molecule has 0 radical (unpaired) electrons. The fourth-order valence-corrected chi connectivity index (χ4v) is 6.95. The Morgan fingerprint density at radius 3 is 2.00 bits per heavy atom. The number of phenols is 1. The van der Waals surface area contributed by atoms with E-state index in [1.165, 1.54) is 28.1 Å². The molecular formula is C34H44O16. The van der Waals surface area contributed by atoms with Crippen LogP contribution < -0.4 is 14.2 Å². The number of phenolic OH excluding ortho intramolecular Hbond substituents is 1. The molecule has 16 nitrogen and oxygen atoms in total. The van der Waals surface area contributed by atoms with Crippen LogP contribution in [0, 0.1) is 11.8 Å². The van der Waals surface area contributed by atoms with E-state index in [-0.39, 0.29) is 41.3 Å². The Hall–Kier alpha value is -3.29. The van der Waals surface area contributed by atoms with Crippen molar-refractivity contribution in [3.8, 4) is 23.0 Å². The van der Waals surface area contributed by atoms with Gasteiger partial charge in [-0.3, -0.25) is 4.79 Å². The van der Waals surface area contributed by atoms with E-state index in [1.54, 1.807) is 36.4 Å². The minimum Gasteiger partial charge on any atom is -0.504 e. The highest BCUT2D eigenvalue weighted by Crippen LogP contribution is 2.51. The lowest BCUT2D eigenvalue weighted by Gasteiger charge is -2.45. The second-order valence-corrected chi connectivity index (χ2v) is 12.9. The summed E-state index contributed by atoms with van der Waals surface area (Å²) in [6, 6.07) is 10.3. The van der Waals surface area contributed by atoms with Crippen molar-refractivity contribution >= 4 is 5.97 Å². The molecule has 4 aliphatic rings. The van der Waals surface area contributed by atoms with E-state index < -0.39 is 74.0 Å². The molecule has 50 heavy (non-hydrogen) atoms. The highest BCUT2D eigenvalue weighted by atomic mass is 16.8. The Morgan fingerprint density at radius 1 is 0.760 bits per heavy atom. The summed E-state index contributed by atoms with van der Waals surface area (Å²) in [5, 5.41) is 63.1. The molecule has 6 N–H and O–H groups in total. The predicted molar refractivity (Wildman–Crippen MR) is 167 cm³/mol. The molecule has 0 aromatic heterocycles. The maximum Gasteiger partial charge on any atom is 0.302 e. The highest BCUT2D eigenvalue weighted by Gasteiger charge is 2.52. The number of hydrogen-bond donors (Lipinski definition) is 6. The van der Waals surface area contributed by atoms with Crippen LogP contribution in [0.25, 0.3) is 0 Å². The quantitative estimate of drug-likeness (QED) is 0.180. The number of aliphatic hydroxyl groups is 5. The Kier molecular flexibility index (Phi) is 11.0. The standard InChI is InChI=1S/C34H44O16/c1-14-25(37)27(39)29(41)33(47-14)50-32-28(40)26(38)24(13-44-15(2)35)49-34(32)48-21-8-6-17(10-23(21)43-4)31-19-12-45-30(18(19)11-46-31)16-5-7-20(36)22(9-16)42-3/h5-10,14,18-19,24-34,36-41H,11-13H2,1-4H3/t14-,18-,19-,24-,25+,26-,27-,28+,29-,30-,31+,32+,33+,34-/m1/s1. The largest absolute Gasteiger partial charge is 0.504 e. The number of rotatable bonds is 10. The van der Waals surface area contributed by atoms with Crippen LogP contribution in [-0.4, -0.2) is 132 Å². The lowest BCUT2D eigenvalue weighted by molar-refractivity contribution is -0.354. The molecule has 4 saturated heterocycles. The summed E-state index contributed by atoms with van der Waals surface area (Å²) in [5.41, 5.74) is 1.66. The van der Waals surface area contributed by atoms with Crippen LogP contribution in [0.1, 0.15) is 37.2 Å². The summed E-state index contributed by atoms with van der Waals surface area (Å²) in [7, 11) is 2.93. The minimum atomic E-state index is -1.72. The molecule has 4 fully saturated rings. The second-order valence-electron chi connectivity index (χ2n) is 12.9. The summed E-state index contributed by atoms with van der Waals surface area (Å²) in [6.07, 6.45) is -15.4. The zero-order valence-electron chi connectivity index (χ0n) is 27.9. The van der Waals surface area contributed by atoms with Gasteiger partial charge in [-0.2, -0.15) is 0 Å². The molecule has 6 rings (SSSR count). The summed E-state index contributed by atoms with van der Waals surface area (Å²) < 4.78 is 52.0. The van der Waals surface area contributed by atoms with E-state index in [0.717, 1.165) is 11.1 Å². The number of hydrogen-bond acceptors (Lipinski definition) is 16. The van der Waals surface area contributed by atoms with Crippen LogP contribution in [0.5, 0.6) is 23.0 Å². The van der Waals surface area contributed by atoms with Crippen molar-refractivity contribution in [1.82, 2.24) is 0 Å². The number of aliphatic hydroxyl groups excluding tert-OH is 5. The lowest BCUT2D eigenvalue weighted by atomic mass is 9.85.